The summed E-state index contributed by atoms with van der Waals surface area (Å²) in [5, 5.41) is 0. The molecule has 2 aromatic carbocycles. The predicted octanol–water partition coefficient (Wildman–Crippen LogP) is 6.72. The van der Waals surface area contributed by atoms with Crippen molar-refractivity contribution in [3.05, 3.63) is 60.2 Å². The maximum Gasteiger partial charge on any atom is 0.0609 e. The first-order valence-electron chi connectivity index (χ1n) is 12.8. The monoisotopic (exact) mass is 414 g/mol. The van der Waals surface area contributed by atoms with Gasteiger partial charge in [-0.3, -0.25) is 0 Å². The van der Waals surface area contributed by atoms with Gasteiger partial charge in [0.15, 0.2) is 0 Å². The summed E-state index contributed by atoms with van der Waals surface area (Å²) < 4.78 is 0. The van der Waals surface area contributed by atoms with E-state index in [1.54, 1.807) is 5.56 Å². The van der Waals surface area contributed by atoms with Gasteiger partial charge >= 0.3 is 0 Å². The summed E-state index contributed by atoms with van der Waals surface area (Å²) >= 11 is 0. The molecule has 2 heteroatoms. The van der Waals surface area contributed by atoms with Crippen LogP contribution in [0.3, 0.4) is 0 Å². The van der Waals surface area contributed by atoms with Crippen LogP contribution in [0.1, 0.15) is 62.8 Å². The molecule has 0 radical (unpaired) electrons. The molecule has 7 unspecified atom stereocenters. The first-order chi connectivity index (χ1) is 15.2. The molecule has 164 valence electrons. The van der Waals surface area contributed by atoms with Gasteiger partial charge in [-0.25, -0.2) is 0 Å². The van der Waals surface area contributed by atoms with Crippen molar-refractivity contribution < 1.29 is 0 Å². The Bertz CT molecular complexity index is 906. The normalized spacial score (nSPS) is 36.6. The van der Waals surface area contributed by atoms with Crippen molar-refractivity contribution in [1.82, 2.24) is 0 Å². The SMILES string of the molecule is CN(C)c1ccccc1N1C2CCC(c3ccccc3)CC2C2CC3CCCCC3C21. The van der Waals surface area contributed by atoms with E-state index in [-0.39, 0.29) is 0 Å². The maximum absolute atomic E-state index is 2.99. The van der Waals surface area contributed by atoms with Crippen molar-refractivity contribution in [2.24, 2.45) is 23.7 Å². The first kappa shape index (κ1) is 19.7. The van der Waals surface area contributed by atoms with Crippen LogP contribution in [0.15, 0.2) is 54.6 Å². The van der Waals surface area contributed by atoms with Crippen LogP contribution in [-0.2, 0) is 0 Å². The fourth-order valence-electron chi connectivity index (χ4n) is 8.27. The molecule has 0 N–H and O–H groups in total. The molecular formula is C29H38N2. The van der Waals surface area contributed by atoms with Gasteiger partial charge < -0.3 is 9.80 Å². The molecule has 4 fully saturated rings. The van der Waals surface area contributed by atoms with E-state index < -0.39 is 0 Å². The van der Waals surface area contributed by atoms with E-state index in [0.29, 0.717) is 0 Å². The van der Waals surface area contributed by atoms with Crippen molar-refractivity contribution in [3.63, 3.8) is 0 Å². The van der Waals surface area contributed by atoms with Crippen LogP contribution in [0.25, 0.3) is 0 Å². The molecule has 0 bridgehead atoms. The van der Waals surface area contributed by atoms with E-state index in [1.165, 1.54) is 62.7 Å². The zero-order valence-electron chi connectivity index (χ0n) is 19.3. The van der Waals surface area contributed by atoms with Gasteiger partial charge in [0.05, 0.1) is 11.4 Å². The van der Waals surface area contributed by atoms with Gasteiger partial charge in [-0.2, -0.15) is 0 Å². The number of hydrogen-bond donors (Lipinski definition) is 0. The summed E-state index contributed by atoms with van der Waals surface area (Å²) in [6.45, 7) is 0. The van der Waals surface area contributed by atoms with E-state index in [1.807, 2.05) is 0 Å². The third-order valence-corrected chi connectivity index (χ3v) is 9.42. The minimum Gasteiger partial charge on any atom is -0.376 e. The molecule has 6 rings (SSSR count). The second-order valence-corrected chi connectivity index (χ2v) is 11.0. The molecule has 1 heterocycles. The highest BCUT2D eigenvalue weighted by atomic mass is 15.3. The van der Waals surface area contributed by atoms with E-state index >= 15 is 0 Å². The summed E-state index contributed by atoms with van der Waals surface area (Å²) in [7, 11) is 4.43. The highest BCUT2D eigenvalue weighted by Crippen LogP contribution is 2.60. The summed E-state index contributed by atoms with van der Waals surface area (Å²) in [6.07, 6.45) is 11.5. The smallest absolute Gasteiger partial charge is 0.0609 e. The molecular weight excluding hydrogens is 376 g/mol. The van der Waals surface area contributed by atoms with Gasteiger partial charge in [-0.15, -0.1) is 0 Å². The Hall–Kier alpha value is -1.96. The predicted molar refractivity (Wildman–Crippen MR) is 131 cm³/mol. The second-order valence-electron chi connectivity index (χ2n) is 11.0. The quantitative estimate of drug-likeness (QED) is 0.550. The average Bonchev–Trinajstić information content (AvgIpc) is 3.34. The van der Waals surface area contributed by atoms with Crippen LogP contribution in [0.2, 0.25) is 0 Å². The fourth-order valence-corrected chi connectivity index (χ4v) is 8.27. The zero-order chi connectivity index (χ0) is 20.9. The Morgan fingerprint density at radius 3 is 2.35 bits per heavy atom. The van der Waals surface area contributed by atoms with Gasteiger partial charge in [-0.1, -0.05) is 61.7 Å². The van der Waals surface area contributed by atoms with Crippen molar-refractivity contribution >= 4 is 11.4 Å². The van der Waals surface area contributed by atoms with Crippen LogP contribution in [0.4, 0.5) is 11.4 Å². The lowest BCUT2D eigenvalue weighted by molar-refractivity contribution is 0.226. The Morgan fingerprint density at radius 1 is 0.742 bits per heavy atom. The van der Waals surface area contributed by atoms with E-state index in [2.05, 4.69) is 78.5 Å². The lowest BCUT2D eigenvalue weighted by Crippen LogP contribution is -2.44. The zero-order valence-corrected chi connectivity index (χ0v) is 19.3. The number of rotatable bonds is 3. The highest BCUT2D eigenvalue weighted by molar-refractivity contribution is 5.72. The lowest BCUT2D eigenvalue weighted by Gasteiger charge is -2.43. The molecule has 2 nitrogen and oxygen atoms in total. The van der Waals surface area contributed by atoms with Gasteiger partial charge in [0.1, 0.15) is 0 Å². The molecule has 0 spiro atoms. The largest absolute Gasteiger partial charge is 0.376 e. The van der Waals surface area contributed by atoms with Crippen LogP contribution < -0.4 is 9.80 Å². The number of hydrogen-bond acceptors (Lipinski definition) is 2. The third-order valence-electron chi connectivity index (χ3n) is 9.42. The molecule has 3 aliphatic carbocycles. The number of nitrogens with zero attached hydrogens (tertiary/aromatic N) is 2. The molecule has 7 atom stereocenters. The molecule has 1 aliphatic heterocycles. The molecule has 1 saturated heterocycles. The van der Waals surface area contributed by atoms with E-state index in [0.717, 1.165) is 41.7 Å². The Kier molecular flexibility index (Phi) is 5.00. The molecule has 4 aliphatic rings. The molecule has 31 heavy (non-hydrogen) atoms. The van der Waals surface area contributed by atoms with Crippen molar-refractivity contribution in [3.8, 4) is 0 Å². The molecule has 2 aromatic rings. The minimum atomic E-state index is 0.735. The number of benzene rings is 2. The number of anilines is 2. The Morgan fingerprint density at radius 2 is 1.52 bits per heavy atom. The molecule has 3 saturated carbocycles. The van der Waals surface area contributed by atoms with Gasteiger partial charge in [0, 0.05) is 26.2 Å². The number of fused-ring (bicyclic) bond motifs is 5. The second kappa shape index (κ2) is 7.87. The van der Waals surface area contributed by atoms with Gasteiger partial charge in [-0.05, 0) is 79.4 Å². The van der Waals surface area contributed by atoms with Crippen molar-refractivity contribution in [2.45, 2.75) is 69.4 Å². The van der Waals surface area contributed by atoms with Crippen LogP contribution in [0.5, 0.6) is 0 Å². The summed E-state index contributed by atoms with van der Waals surface area (Å²) in [5.41, 5.74) is 4.51. The fraction of sp³-hybridized carbons (Fsp3) is 0.586. The van der Waals surface area contributed by atoms with Crippen LogP contribution in [-0.4, -0.2) is 26.2 Å². The number of para-hydroxylation sites is 2. The highest BCUT2D eigenvalue weighted by Gasteiger charge is 2.58. The first-order valence-corrected chi connectivity index (χ1v) is 12.8. The van der Waals surface area contributed by atoms with E-state index in [4.69, 9.17) is 0 Å². The Labute approximate surface area is 188 Å². The standard InChI is InChI=1S/C29H38N2/c1-30(2)27-14-8-9-15-28(27)31-26-17-16-21(20-10-4-3-5-11-20)18-24(26)25-19-22-12-6-7-13-23(22)29(25)31/h3-5,8-11,14-15,21-26,29H,6-7,12-13,16-19H2,1-2H3. The summed E-state index contributed by atoms with van der Waals surface area (Å²) in [4.78, 5) is 5.32. The van der Waals surface area contributed by atoms with Gasteiger partial charge in [0.25, 0.3) is 0 Å². The summed E-state index contributed by atoms with van der Waals surface area (Å²) in [6, 6.07) is 22.2. The molecule has 0 aromatic heterocycles. The third kappa shape index (κ3) is 3.20. The van der Waals surface area contributed by atoms with E-state index in [9.17, 15) is 0 Å². The van der Waals surface area contributed by atoms with Crippen LogP contribution in [0, 0.1) is 23.7 Å². The van der Waals surface area contributed by atoms with Crippen molar-refractivity contribution in [2.75, 3.05) is 23.9 Å². The van der Waals surface area contributed by atoms with Crippen molar-refractivity contribution in [1.29, 1.82) is 0 Å². The Balaban J connectivity index is 1.39. The average molecular weight is 415 g/mol. The summed E-state index contributed by atoms with van der Waals surface area (Å²) in [5.74, 6) is 4.44. The minimum absolute atomic E-state index is 0.735. The molecule has 0 amide bonds. The van der Waals surface area contributed by atoms with Gasteiger partial charge in [0.2, 0.25) is 0 Å². The topological polar surface area (TPSA) is 6.48 Å². The lowest BCUT2D eigenvalue weighted by atomic mass is 9.71. The maximum atomic E-state index is 2.99. The van der Waals surface area contributed by atoms with Crippen LogP contribution >= 0.6 is 0 Å².